The number of fused-ring (bicyclic) bond motifs is 1. The van der Waals surface area contributed by atoms with Gasteiger partial charge in [-0.3, -0.25) is 0 Å². The van der Waals surface area contributed by atoms with Gasteiger partial charge < -0.3 is 5.32 Å². The van der Waals surface area contributed by atoms with Crippen LogP contribution in [-0.2, 0) is 5.75 Å². The van der Waals surface area contributed by atoms with Crippen molar-refractivity contribution in [1.82, 2.24) is 19.9 Å². The molecule has 0 spiro atoms. The number of nitrogens with one attached hydrogen (secondary N) is 1. The smallest absolute Gasteiger partial charge is 0.142 e. The molecule has 3 heterocycles. The van der Waals surface area contributed by atoms with Crippen LogP contribution in [0.25, 0.3) is 10.2 Å². The Labute approximate surface area is 131 Å². The summed E-state index contributed by atoms with van der Waals surface area (Å²) in [6, 6.07) is 3.96. The molecule has 0 saturated carbocycles. The van der Waals surface area contributed by atoms with Gasteiger partial charge in [0.1, 0.15) is 22.8 Å². The topological polar surface area (TPSA) is 63.6 Å². The van der Waals surface area contributed by atoms with E-state index < -0.39 is 0 Å². The van der Waals surface area contributed by atoms with Crippen molar-refractivity contribution in [3.63, 3.8) is 0 Å². The molecule has 0 fully saturated rings. The summed E-state index contributed by atoms with van der Waals surface area (Å²) in [6.07, 6.45) is 4.37. The van der Waals surface area contributed by atoms with E-state index in [0.717, 1.165) is 39.9 Å². The molecule has 7 heteroatoms. The third kappa shape index (κ3) is 3.48. The first-order valence-electron chi connectivity index (χ1n) is 6.73. The van der Waals surface area contributed by atoms with Crippen LogP contribution in [0.5, 0.6) is 0 Å². The van der Waals surface area contributed by atoms with Crippen LogP contribution in [0.15, 0.2) is 35.1 Å². The third-order valence-corrected chi connectivity index (χ3v) is 4.56. The van der Waals surface area contributed by atoms with Crippen LogP contribution in [0, 0.1) is 0 Å². The zero-order valence-corrected chi connectivity index (χ0v) is 13.2. The Kier molecular flexibility index (Phi) is 4.62. The Morgan fingerprint density at radius 3 is 3.05 bits per heavy atom. The molecule has 21 heavy (non-hydrogen) atoms. The van der Waals surface area contributed by atoms with Crippen molar-refractivity contribution < 1.29 is 0 Å². The largest absolute Gasteiger partial charge is 0.369 e. The summed E-state index contributed by atoms with van der Waals surface area (Å²) in [7, 11) is 0. The van der Waals surface area contributed by atoms with Crippen LogP contribution in [0.1, 0.15) is 19.2 Å². The minimum Gasteiger partial charge on any atom is -0.369 e. The summed E-state index contributed by atoms with van der Waals surface area (Å²) < 4.78 is 0. The number of hydrogen-bond donors (Lipinski definition) is 1. The fraction of sp³-hybridized carbons (Fsp3) is 0.286. The highest BCUT2D eigenvalue weighted by molar-refractivity contribution is 7.98. The van der Waals surface area contributed by atoms with Crippen LogP contribution in [0.4, 0.5) is 5.82 Å². The SMILES string of the molecule is CCCNc1nc(CSc2ccncn2)nc2sccc12. The van der Waals surface area contributed by atoms with Crippen LogP contribution in [0.2, 0.25) is 0 Å². The van der Waals surface area contributed by atoms with Gasteiger partial charge in [-0.25, -0.2) is 19.9 Å². The van der Waals surface area contributed by atoms with Crippen molar-refractivity contribution in [2.75, 3.05) is 11.9 Å². The van der Waals surface area contributed by atoms with Crippen LogP contribution >= 0.6 is 23.1 Å². The number of nitrogens with zero attached hydrogens (tertiary/aromatic N) is 4. The molecule has 0 aliphatic rings. The minimum absolute atomic E-state index is 0.700. The normalized spacial score (nSPS) is 10.9. The first-order chi connectivity index (χ1) is 10.4. The second kappa shape index (κ2) is 6.82. The van der Waals surface area contributed by atoms with Gasteiger partial charge in [0.05, 0.1) is 16.2 Å². The van der Waals surface area contributed by atoms with Crippen LogP contribution in [0.3, 0.4) is 0 Å². The second-order valence-electron chi connectivity index (χ2n) is 4.39. The van der Waals surface area contributed by atoms with Gasteiger partial charge in [-0.15, -0.1) is 11.3 Å². The van der Waals surface area contributed by atoms with Crippen LogP contribution in [-0.4, -0.2) is 26.5 Å². The quantitative estimate of drug-likeness (QED) is 0.553. The molecule has 3 aromatic rings. The zero-order valence-electron chi connectivity index (χ0n) is 11.6. The van der Waals surface area contributed by atoms with Gasteiger partial charge in [-0.05, 0) is 23.9 Å². The monoisotopic (exact) mass is 317 g/mol. The van der Waals surface area contributed by atoms with Gasteiger partial charge in [-0.2, -0.15) is 0 Å². The van der Waals surface area contributed by atoms with Crippen molar-refractivity contribution in [3.05, 3.63) is 35.9 Å². The summed E-state index contributed by atoms with van der Waals surface area (Å²) in [6.45, 7) is 3.06. The molecular weight excluding hydrogens is 302 g/mol. The van der Waals surface area contributed by atoms with E-state index in [1.54, 1.807) is 35.6 Å². The maximum absolute atomic E-state index is 4.65. The van der Waals surface area contributed by atoms with Gasteiger partial charge in [0.25, 0.3) is 0 Å². The number of thiophene rings is 1. The molecule has 0 amide bonds. The summed E-state index contributed by atoms with van der Waals surface area (Å²) in [5.41, 5.74) is 0. The molecule has 0 atom stereocenters. The molecule has 0 aromatic carbocycles. The van der Waals surface area contributed by atoms with Crippen molar-refractivity contribution in [1.29, 1.82) is 0 Å². The highest BCUT2D eigenvalue weighted by Gasteiger charge is 2.09. The lowest BCUT2D eigenvalue weighted by atomic mass is 10.3. The maximum atomic E-state index is 4.65. The molecular formula is C14H15N5S2. The molecule has 5 nitrogen and oxygen atoms in total. The third-order valence-electron chi connectivity index (χ3n) is 2.82. The highest BCUT2D eigenvalue weighted by atomic mass is 32.2. The fourth-order valence-corrected chi connectivity index (χ4v) is 3.31. The molecule has 0 unspecified atom stereocenters. The van der Waals surface area contributed by atoms with E-state index in [4.69, 9.17) is 0 Å². The van der Waals surface area contributed by atoms with Gasteiger partial charge in [-0.1, -0.05) is 18.7 Å². The van der Waals surface area contributed by atoms with E-state index in [9.17, 15) is 0 Å². The molecule has 0 radical (unpaired) electrons. The summed E-state index contributed by atoms with van der Waals surface area (Å²) >= 11 is 3.26. The van der Waals surface area contributed by atoms with E-state index in [2.05, 4.69) is 43.6 Å². The zero-order chi connectivity index (χ0) is 14.5. The van der Waals surface area contributed by atoms with Gasteiger partial charge in [0.2, 0.25) is 0 Å². The van der Waals surface area contributed by atoms with Gasteiger partial charge >= 0.3 is 0 Å². The van der Waals surface area contributed by atoms with Crippen molar-refractivity contribution >= 4 is 39.1 Å². The second-order valence-corrected chi connectivity index (χ2v) is 6.28. The number of aromatic nitrogens is 4. The number of rotatable bonds is 6. The molecule has 0 aliphatic heterocycles. The van der Waals surface area contributed by atoms with E-state index in [-0.39, 0.29) is 0 Å². The average molecular weight is 317 g/mol. The molecule has 1 N–H and O–H groups in total. The Balaban J connectivity index is 1.81. The molecule has 0 saturated heterocycles. The van der Waals surface area contributed by atoms with Crippen molar-refractivity contribution in [3.8, 4) is 0 Å². The summed E-state index contributed by atoms with van der Waals surface area (Å²) in [4.78, 5) is 18.4. The first-order valence-corrected chi connectivity index (χ1v) is 8.60. The van der Waals surface area contributed by atoms with E-state index in [0.29, 0.717) is 5.75 Å². The lowest BCUT2D eigenvalue weighted by molar-refractivity contribution is 0.960. The van der Waals surface area contributed by atoms with E-state index >= 15 is 0 Å². The average Bonchev–Trinajstić information content (AvgIpc) is 3.00. The lowest BCUT2D eigenvalue weighted by Crippen LogP contribution is -2.05. The standard InChI is InChI=1S/C14H15N5S2/c1-2-5-16-13-10-4-7-20-14(10)19-11(18-13)8-21-12-3-6-15-9-17-12/h3-4,6-7,9H,2,5,8H2,1H3,(H,16,18,19). The first kappa shape index (κ1) is 14.2. The van der Waals surface area contributed by atoms with E-state index in [1.165, 1.54) is 0 Å². The molecule has 0 bridgehead atoms. The molecule has 108 valence electrons. The minimum atomic E-state index is 0.700. The Morgan fingerprint density at radius 2 is 2.24 bits per heavy atom. The number of hydrogen-bond acceptors (Lipinski definition) is 7. The predicted molar refractivity (Wildman–Crippen MR) is 87.8 cm³/mol. The van der Waals surface area contributed by atoms with Gasteiger partial charge in [0.15, 0.2) is 0 Å². The molecule has 3 aromatic heterocycles. The van der Waals surface area contributed by atoms with Crippen molar-refractivity contribution in [2.45, 2.75) is 24.1 Å². The summed E-state index contributed by atoms with van der Waals surface area (Å²) in [5.74, 6) is 2.46. The predicted octanol–water partition coefficient (Wildman–Crippen LogP) is 3.60. The Hall–Kier alpha value is -1.73. The molecule has 3 rings (SSSR count). The Morgan fingerprint density at radius 1 is 1.29 bits per heavy atom. The summed E-state index contributed by atoms with van der Waals surface area (Å²) in [5, 5.41) is 7.47. The number of thioether (sulfide) groups is 1. The van der Waals surface area contributed by atoms with Crippen LogP contribution < -0.4 is 5.32 Å². The maximum Gasteiger partial charge on any atom is 0.142 e. The molecule has 0 aliphatic carbocycles. The van der Waals surface area contributed by atoms with Gasteiger partial charge in [0, 0.05) is 12.7 Å². The lowest BCUT2D eigenvalue weighted by Gasteiger charge is -2.07. The Bertz CT molecular complexity index is 714. The number of anilines is 1. The van der Waals surface area contributed by atoms with Crippen molar-refractivity contribution in [2.24, 2.45) is 0 Å². The fourth-order valence-electron chi connectivity index (χ4n) is 1.84. The highest BCUT2D eigenvalue weighted by Crippen LogP contribution is 2.27. The van der Waals surface area contributed by atoms with E-state index in [1.807, 2.05) is 6.07 Å².